The second-order valence-corrected chi connectivity index (χ2v) is 6.95. The molecule has 1 N–H and O–H groups in total. The molecule has 3 aromatic rings. The van der Waals surface area contributed by atoms with Crippen molar-refractivity contribution in [3.8, 4) is 17.4 Å². The summed E-state index contributed by atoms with van der Waals surface area (Å²) in [5.41, 5.74) is 1.53. The highest BCUT2D eigenvalue weighted by atomic mass is 35.5. The molecule has 1 aromatic heterocycles. The average Bonchev–Trinajstić information content (AvgIpc) is 3.17. The smallest absolute Gasteiger partial charge is 0.262 e. The Labute approximate surface area is 173 Å². The highest BCUT2D eigenvalue weighted by Crippen LogP contribution is 2.32. The van der Waals surface area contributed by atoms with Crippen LogP contribution in [0.5, 0.6) is 0 Å². The monoisotopic (exact) mass is 410 g/mol. The first kappa shape index (κ1) is 19.8. The third kappa shape index (κ3) is 4.64. The number of nitriles is 1. The Balaban J connectivity index is 1.79. The zero-order valence-corrected chi connectivity index (χ0v) is 16.5. The number of hydrogen-bond donors (Lipinski definition) is 1. The lowest BCUT2D eigenvalue weighted by molar-refractivity contribution is -0.117. The van der Waals surface area contributed by atoms with Gasteiger partial charge in [-0.3, -0.25) is 4.79 Å². The number of amides is 1. The zero-order chi connectivity index (χ0) is 20.1. The van der Waals surface area contributed by atoms with E-state index in [2.05, 4.69) is 5.32 Å². The zero-order valence-electron chi connectivity index (χ0n) is 14.9. The molecule has 3 rings (SSSR count). The fraction of sp³-hybridized carbons (Fsp3) is 0.0909. The molecule has 0 saturated heterocycles. The van der Waals surface area contributed by atoms with E-state index in [0.29, 0.717) is 27.1 Å². The topological polar surface area (TPSA) is 66.0 Å². The number of nitrogens with one attached hydrogen (secondary N) is 1. The largest absolute Gasteiger partial charge is 0.457 e. The van der Waals surface area contributed by atoms with Crippen molar-refractivity contribution < 1.29 is 9.21 Å². The van der Waals surface area contributed by atoms with Gasteiger partial charge in [-0.2, -0.15) is 5.26 Å². The van der Waals surface area contributed by atoms with Crippen molar-refractivity contribution in [3.63, 3.8) is 0 Å². The fourth-order valence-corrected chi connectivity index (χ4v) is 3.03. The number of hydrogen-bond acceptors (Lipinski definition) is 3. The maximum atomic E-state index is 12.5. The summed E-state index contributed by atoms with van der Waals surface area (Å²) >= 11 is 12.2. The second-order valence-electron chi connectivity index (χ2n) is 6.10. The number of carbonyl (C=O) groups excluding carboxylic acids is 1. The molecule has 6 heteroatoms. The van der Waals surface area contributed by atoms with Crippen LogP contribution >= 0.6 is 23.2 Å². The van der Waals surface area contributed by atoms with Crippen LogP contribution in [0.4, 0.5) is 0 Å². The van der Waals surface area contributed by atoms with Crippen molar-refractivity contribution >= 4 is 35.2 Å². The molecule has 0 radical (unpaired) electrons. The maximum Gasteiger partial charge on any atom is 0.262 e. The molecule has 4 nitrogen and oxygen atoms in total. The van der Waals surface area contributed by atoms with E-state index >= 15 is 0 Å². The van der Waals surface area contributed by atoms with Gasteiger partial charge in [-0.25, -0.2) is 0 Å². The van der Waals surface area contributed by atoms with Gasteiger partial charge in [0.2, 0.25) is 0 Å². The van der Waals surface area contributed by atoms with Gasteiger partial charge in [-0.15, -0.1) is 0 Å². The third-order valence-electron chi connectivity index (χ3n) is 4.12. The highest BCUT2D eigenvalue weighted by Gasteiger charge is 2.15. The SMILES string of the molecule is C[C@H](NC(=O)/C(C#N)=C/c1ccc(-c2cc(Cl)ccc2Cl)o1)c1ccccc1. The summed E-state index contributed by atoms with van der Waals surface area (Å²) in [6, 6.07) is 19.6. The number of carbonyl (C=O) groups is 1. The van der Waals surface area contributed by atoms with Crippen LogP contribution < -0.4 is 5.32 Å². The molecule has 140 valence electrons. The first-order valence-corrected chi connectivity index (χ1v) is 9.26. The highest BCUT2D eigenvalue weighted by molar-refractivity contribution is 6.35. The van der Waals surface area contributed by atoms with E-state index in [1.54, 1.807) is 30.3 Å². The summed E-state index contributed by atoms with van der Waals surface area (Å²) in [7, 11) is 0. The van der Waals surface area contributed by atoms with Crippen molar-refractivity contribution in [1.29, 1.82) is 5.26 Å². The molecule has 0 aliphatic rings. The van der Waals surface area contributed by atoms with Gasteiger partial charge in [0.05, 0.1) is 11.1 Å². The molecule has 0 bridgehead atoms. The molecule has 1 heterocycles. The molecule has 2 aromatic carbocycles. The summed E-state index contributed by atoms with van der Waals surface area (Å²) in [5.74, 6) is 0.386. The number of furan rings is 1. The first-order valence-electron chi connectivity index (χ1n) is 8.51. The summed E-state index contributed by atoms with van der Waals surface area (Å²) in [4.78, 5) is 12.5. The average molecular weight is 411 g/mol. The molecule has 0 spiro atoms. The molecule has 0 fully saturated rings. The predicted octanol–water partition coefficient (Wildman–Crippen LogP) is 6.04. The van der Waals surface area contributed by atoms with Gasteiger partial charge in [-0.1, -0.05) is 53.5 Å². The van der Waals surface area contributed by atoms with Crippen molar-refractivity contribution in [1.82, 2.24) is 5.32 Å². The van der Waals surface area contributed by atoms with Crippen molar-refractivity contribution in [2.45, 2.75) is 13.0 Å². The minimum absolute atomic E-state index is 0.0547. The van der Waals surface area contributed by atoms with Gasteiger partial charge in [0.1, 0.15) is 23.2 Å². The van der Waals surface area contributed by atoms with Gasteiger partial charge in [0.15, 0.2) is 0 Å². The molecule has 1 atom stereocenters. The Kier molecular flexibility index (Phi) is 6.20. The second kappa shape index (κ2) is 8.79. The molecular formula is C22H16Cl2N2O2. The van der Waals surface area contributed by atoms with E-state index in [4.69, 9.17) is 27.6 Å². The Hall–Kier alpha value is -3.00. The molecule has 0 unspecified atom stereocenters. The van der Waals surface area contributed by atoms with E-state index < -0.39 is 5.91 Å². The van der Waals surface area contributed by atoms with Crippen LogP contribution in [-0.2, 0) is 4.79 Å². The van der Waals surface area contributed by atoms with Crippen LogP contribution in [0.2, 0.25) is 10.0 Å². The molecule has 28 heavy (non-hydrogen) atoms. The number of halogens is 2. The summed E-state index contributed by atoms with van der Waals surface area (Å²) in [5, 5.41) is 13.2. The minimum Gasteiger partial charge on any atom is -0.457 e. The summed E-state index contributed by atoms with van der Waals surface area (Å²) in [6.45, 7) is 1.86. The van der Waals surface area contributed by atoms with E-state index in [9.17, 15) is 10.1 Å². The predicted molar refractivity (Wildman–Crippen MR) is 111 cm³/mol. The lowest BCUT2D eigenvalue weighted by Gasteiger charge is -2.13. The summed E-state index contributed by atoms with van der Waals surface area (Å²) in [6.07, 6.45) is 1.40. The lowest BCUT2D eigenvalue weighted by atomic mass is 10.1. The summed E-state index contributed by atoms with van der Waals surface area (Å²) < 4.78 is 5.73. The van der Waals surface area contributed by atoms with Crippen LogP contribution in [0, 0.1) is 11.3 Å². The quantitative estimate of drug-likeness (QED) is 0.411. The van der Waals surface area contributed by atoms with Gasteiger partial charge < -0.3 is 9.73 Å². The Bertz CT molecular complexity index is 1070. The van der Waals surface area contributed by atoms with E-state index in [0.717, 1.165) is 5.56 Å². The van der Waals surface area contributed by atoms with Crippen molar-refractivity contribution in [3.05, 3.63) is 87.6 Å². The van der Waals surface area contributed by atoms with Crippen LogP contribution in [0.15, 0.2) is 70.7 Å². The number of rotatable bonds is 5. The molecule has 0 saturated carbocycles. The van der Waals surface area contributed by atoms with Gasteiger partial charge in [0, 0.05) is 16.7 Å². The van der Waals surface area contributed by atoms with Crippen LogP contribution in [0.25, 0.3) is 17.4 Å². The lowest BCUT2D eigenvalue weighted by Crippen LogP contribution is -2.27. The van der Waals surface area contributed by atoms with Gasteiger partial charge in [0.25, 0.3) is 5.91 Å². The van der Waals surface area contributed by atoms with Gasteiger partial charge in [-0.05, 0) is 42.8 Å². The van der Waals surface area contributed by atoms with Crippen LogP contribution in [0.3, 0.4) is 0 Å². The maximum absolute atomic E-state index is 12.5. The normalized spacial score (nSPS) is 12.3. The molecule has 1 amide bonds. The van der Waals surface area contributed by atoms with Crippen molar-refractivity contribution in [2.75, 3.05) is 0 Å². The van der Waals surface area contributed by atoms with Crippen molar-refractivity contribution in [2.24, 2.45) is 0 Å². The van der Waals surface area contributed by atoms with E-state index in [1.807, 2.05) is 43.3 Å². The fourth-order valence-electron chi connectivity index (χ4n) is 2.65. The first-order chi connectivity index (χ1) is 13.5. The molecular weight excluding hydrogens is 395 g/mol. The van der Waals surface area contributed by atoms with Crippen LogP contribution in [0.1, 0.15) is 24.3 Å². The Morgan fingerprint density at radius 2 is 1.89 bits per heavy atom. The number of benzene rings is 2. The Morgan fingerprint density at radius 3 is 2.61 bits per heavy atom. The standard InChI is InChI=1S/C22H16Cl2N2O2/c1-14(15-5-3-2-4-6-15)26-22(27)16(13-25)11-18-8-10-21(28-18)19-12-17(23)7-9-20(19)24/h2-12,14H,1H3,(H,26,27)/b16-11+/t14-/m0/s1. The third-order valence-corrected chi connectivity index (χ3v) is 4.68. The van der Waals surface area contributed by atoms with E-state index in [-0.39, 0.29) is 11.6 Å². The van der Waals surface area contributed by atoms with Crippen LogP contribution in [-0.4, -0.2) is 5.91 Å². The molecule has 0 aliphatic heterocycles. The van der Waals surface area contributed by atoms with Gasteiger partial charge >= 0.3 is 0 Å². The minimum atomic E-state index is -0.474. The Morgan fingerprint density at radius 1 is 1.14 bits per heavy atom. The number of nitrogens with zero attached hydrogens (tertiary/aromatic N) is 1. The van der Waals surface area contributed by atoms with E-state index in [1.165, 1.54) is 6.08 Å². The molecule has 0 aliphatic carbocycles.